The highest BCUT2D eigenvalue weighted by Crippen LogP contribution is 2.41. The summed E-state index contributed by atoms with van der Waals surface area (Å²) in [5.41, 5.74) is 0.972. The summed E-state index contributed by atoms with van der Waals surface area (Å²) in [6.07, 6.45) is 1.39. The zero-order valence-corrected chi connectivity index (χ0v) is 14.6. The van der Waals surface area contributed by atoms with Crippen molar-refractivity contribution in [2.45, 2.75) is 31.5 Å². The molecule has 4 rings (SSSR count). The van der Waals surface area contributed by atoms with Crippen LogP contribution in [0, 0.1) is 11.7 Å². The summed E-state index contributed by atoms with van der Waals surface area (Å²) in [4.78, 5) is 8.24. The molecular weight excluding hydrogens is 361 g/mol. The third kappa shape index (κ3) is 2.77. The summed E-state index contributed by atoms with van der Waals surface area (Å²) < 4.78 is 21.5. The van der Waals surface area contributed by atoms with E-state index >= 15 is 0 Å². The van der Waals surface area contributed by atoms with Gasteiger partial charge in [-0.05, 0) is 23.8 Å². The molecule has 0 aliphatic carbocycles. The van der Waals surface area contributed by atoms with Gasteiger partial charge in [0, 0.05) is 23.7 Å². The van der Waals surface area contributed by atoms with Crippen molar-refractivity contribution in [3.63, 3.8) is 0 Å². The molecule has 136 valence electrons. The predicted octanol–water partition coefficient (Wildman–Crippen LogP) is 2.85. The van der Waals surface area contributed by atoms with Gasteiger partial charge in [0.15, 0.2) is 0 Å². The molecule has 0 radical (unpaired) electrons. The smallest absolute Gasteiger partial charge is 0.145 e. The van der Waals surface area contributed by atoms with Crippen molar-refractivity contribution in [1.82, 2.24) is 14.5 Å². The summed E-state index contributed by atoms with van der Waals surface area (Å²) in [6, 6.07) is 5.89. The lowest BCUT2D eigenvalue weighted by Gasteiger charge is -2.22. The van der Waals surface area contributed by atoms with Crippen LogP contribution < -0.4 is 0 Å². The highest BCUT2D eigenvalue weighted by Gasteiger charge is 2.45. The van der Waals surface area contributed by atoms with Crippen molar-refractivity contribution in [3.8, 4) is 0 Å². The van der Waals surface area contributed by atoms with E-state index in [9.17, 15) is 14.6 Å². The van der Waals surface area contributed by atoms with Crippen molar-refractivity contribution in [2.75, 3.05) is 0 Å². The van der Waals surface area contributed by atoms with Crippen LogP contribution in [0.15, 0.2) is 43.0 Å². The Hall–Kier alpha value is -2.06. The average Bonchev–Trinajstić information content (AvgIpc) is 3.19. The number of benzene rings is 1. The Morgan fingerprint density at radius 2 is 2.15 bits per heavy atom. The number of halogens is 2. The van der Waals surface area contributed by atoms with E-state index < -0.39 is 30.4 Å². The van der Waals surface area contributed by atoms with Crippen LogP contribution >= 0.6 is 11.6 Å². The lowest BCUT2D eigenvalue weighted by molar-refractivity contribution is -0.0833. The Labute approximate surface area is 153 Å². The molecule has 0 amide bonds. The van der Waals surface area contributed by atoms with Crippen LogP contribution in [0.5, 0.6) is 0 Å². The predicted molar refractivity (Wildman–Crippen MR) is 93.0 cm³/mol. The first kappa shape index (κ1) is 17.4. The molecule has 1 saturated heterocycles. The van der Waals surface area contributed by atoms with Gasteiger partial charge in [0.25, 0.3) is 0 Å². The first-order valence-electron chi connectivity index (χ1n) is 8.20. The molecule has 2 aromatic heterocycles. The molecule has 3 heterocycles. The lowest BCUT2D eigenvalue weighted by atomic mass is 9.95. The van der Waals surface area contributed by atoms with E-state index in [2.05, 4.69) is 9.97 Å². The number of nitrogens with zero attached hydrogens (tertiary/aromatic N) is 3. The van der Waals surface area contributed by atoms with Gasteiger partial charge in [-0.15, -0.1) is 0 Å². The Kier molecular flexibility index (Phi) is 4.40. The molecule has 0 bridgehead atoms. The van der Waals surface area contributed by atoms with Crippen LogP contribution in [0.3, 0.4) is 0 Å². The van der Waals surface area contributed by atoms with E-state index in [0.29, 0.717) is 11.2 Å². The topological polar surface area (TPSA) is 80.4 Å². The van der Waals surface area contributed by atoms with Crippen molar-refractivity contribution in [3.05, 3.63) is 59.4 Å². The Balaban J connectivity index is 1.64. The van der Waals surface area contributed by atoms with E-state index in [-0.39, 0.29) is 10.9 Å². The fourth-order valence-corrected chi connectivity index (χ4v) is 3.52. The zero-order chi connectivity index (χ0) is 18.4. The third-order valence-electron chi connectivity index (χ3n) is 4.87. The van der Waals surface area contributed by atoms with Gasteiger partial charge in [-0.1, -0.05) is 24.6 Å². The SMILES string of the molecule is CC1C(O)C(C(O)c2ccc(Cl)c(F)c2)OC1n1ccc2cncnc21. The molecule has 8 heteroatoms. The van der Waals surface area contributed by atoms with E-state index in [1.165, 1.54) is 18.5 Å². The first-order valence-corrected chi connectivity index (χ1v) is 8.58. The Morgan fingerprint density at radius 1 is 1.35 bits per heavy atom. The van der Waals surface area contributed by atoms with Gasteiger partial charge in [-0.3, -0.25) is 0 Å². The van der Waals surface area contributed by atoms with Crippen molar-refractivity contribution in [2.24, 2.45) is 5.92 Å². The second-order valence-corrected chi connectivity index (χ2v) is 6.89. The molecule has 5 unspecified atom stereocenters. The van der Waals surface area contributed by atoms with Crippen LogP contribution in [0.4, 0.5) is 4.39 Å². The number of fused-ring (bicyclic) bond motifs is 1. The van der Waals surface area contributed by atoms with Gasteiger partial charge in [-0.25, -0.2) is 14.4 Å². The molecule has 1 aliphatic heterocycles. The number of hydrogen-bond donors (Lipinski definition) is 2. The second-order valence-electron chi connectivity index (χ2n) is 6.48. The fourth-order valence-electron chi connectivity index (χ4n) is 3.40. The number of hydrogen-bond acceptors (Lipinski definition) is 5. The van der Waals surface area contributed by atoms with Gasteiger partial charge < -0.3 is 19.5 Å². The number of aromatic nitrogens is 3. The normalized spacial score (nSPS) is 27.1. The summed E-state index contributed by atoms with van der Waals surface area (Å²) in [5.74, 6) is -0.939. The minimum absolute atomic E-state index is 0.0291. The van der Waals surface area contributed by atoms with Crippen molar-refractivity contribution < 1.29 is 19.3 Å². The monoisotopic (exact) mass is 377 g/mol. The first-order chi connectivity index (χ1) is 12.5. The number of aliphatic hydroxyl groups is 2. The largest absolute Gasteiger partial charge is 0.390 e. The summed E-state index contributed by atoms with van der Waals surface area (Å²) in [5, 5.41) is 22.0. The summed E-state index contributed by atoms with van der Waals surface area (Å²) in [7, 11) is 0. The van der Waals surface area contributed by atoms with Crippen LogP contribution in [-0.2, 0) is 4.74 Å². The molecule has 1 aromatic carbocycles. The fraction of sp³-hybridized carbons (Fsp3) is 0.333. The van der Waals surface area contributed by atoms with Crippen LogP contribution in [-0.4, -0.2) is 37.0 Å². The average molecular weight is 378 g/mol. The standard InChI is InChI=1S/C18H17ClFN3O3/c1-9-14(24)16(15(25)10-2-3-12(19)13(20)6-10)26-18(9)23-5-4-11-7-21-8-22-17(11)23/h2-9,14-16,18,24-25H,1H3. The van der Waals surface area contributed by atoms with E-state index in [4.69, 9.17) is 16.3 Å². The maximum absolute atomic E-state index is 13.7. The van der Waals surface area contributed by atoms with Crippen LogP contribution in [0.1, 0.15) is 24.8 Å². The molecule has 1 aliphatic rings. The quantitative estimate of drug-likeness (QED) is 0.733. The van der Waals surface area contributed by atoms with Gasteiger partial charge >= 0.3 is 0 Å². The zero-order valence-electron chi connectivity index (χ0n) is 13.8. The lowest BCUT2D eigenvalue weighted by Crippen LogP contribution is -2.31. The molecule has 5 atom stereocenters. The molecule has 0 saturated carbocycles. The molecule has 3 aromatic rings. The number of rotatable bonds is 3. The minimum Gasteiger partial charge on any atom is -0.390 e. The molecule has 6 nitrogen and oxygen atoms in total. The molecule has 1 fully saturated rings. The number of ether oxygens (including phenoxy) is 1. The molecule has 0 spiro atoms. The van der Waals surface area contributed by atoms with Crippen LogP contribution in [0.2, 0.25) is 5.02 Å². The Morgan fingerprint density at radius 3 is 2.92 bits per heavy atom. The van der Waals surface area contributed by atoms with E-state index in [1.807, 2.05) is 19.2 Å². The van der Waals surface area contributed by atoms with E-state index in [0.717, 1.165) is 11.5 Å². The Bertz CT molecular complexity index is 950. The second kappa shape index (κ2) is 6.59. The maximum Gasteiger partial charge on any atom is 0.145 e. The third-order valence-corrected chi connectivity index (χ3v) is 5.18. The van der Waals surface area contributed by atoms with Gasteiger partial charge in [0.05, 0.1) is 11.1 Å². The van der Waals surface area contributed by atoms with Gasteiger partial charge in [0.1, 0.15) is 36.2 Å². The highest BCUT2D eigenvalue weighted by molar-refractivity contribution is 6.30. The van der Waals surface area contributed by atoms with Crippen molar-refractivity contribution in [1.29, 1.82) is 0 Å². The maximum atomic E-state index is 13.7. The summed E-state index contributed by atoms with van der Waals surface area (Å²) in [6.45, 7) is 1.83. The van der Waals surface area contributed by atoms with Crippen molar-refractivity contribution >= 4 is 22.6 Å². The van der Waals surface area contributed by atoms with Gasteiger partial charge in [0.2, 0.25) is 0 Å². The van der Waals surface area contributed by atoms with Gasteiger partial charge in [-0.2, -0.15) is 0 Å². The van der Waals surface area contributed by atoms with Crippen LogP contribution in [0.25, 0.3) is 11.0 Å². The highest BCUT2D eigenvalue weighted by atomic mass is 35.5. The minimum atomic E-state index is -1.19. The molecule has 26 heavy (non-hydrogen) atoms. The summed E-state index contributed by atoms with van der Waals surface area (Å²) >= 11 is 5.69. The van der Waals surface area contributed by atoms with E-state index in [1.54, 1.807) is 10.8 Å². The number of aliphatic hydroxyl groups excluding tert-OH is 2. The molecular formula is C18H17ClFN3O3. The molecule has 2 N–H and O–H groups in total.